The molecule has 4 aliphatic rings. The zero-order chi connectivity index (χ0) is 10.8. The lowest BCUT2D eigenvalue weighted by Gasteiger charge is -2.54. The second-order valence-corrected chi connectivity index (χ2v) is 6.17. The zero-order valence-electron chi connectivity index (χ0n) is 9.26. The monoisotopic (exact) mass is 220 g/mol. The summed E-state index contributed by atoms with van der Waals surface area (Å²) in [6.07, 6.45) is 9.47. The van der Waals surface area contributed by atoms with Crippen molar-refractivity contribution in [3.63, 3.8) is 0 Å². The van der Waals surface area contributed by atoms with Gasteiger partial charge < -0.3 is 5.21 Å². The van der Waals surface area contributed by atoms with E-state index in [9.17, 15) is 5.21 Å². The number of rotatable bonds is 1. The Morgan fingerprint density at radius 2 is 1.75 bits per heavy atom. The van der Waals surface area contributed by atoms with Crippen LogP contribution in [0.5, 0.6) is 0 Å². The molecule has 0 aromatic carbocycles. The molecule has 0 saturated heterocycles. The van der Waals surface area contributed by atoms with Crippen LogP contribution < -0.4 is 4.90 Å². The number of hydrogen-bond acceptors (Lipinski definition) is 3. The van der Waals surface area contributed by atoms with E-state index in [1.807, 2.05) is 0 Å². The molecular formula is C12H16N2O2. The van der Waals surface area contributed by atoms with Gasteiger partial charge in [0.2, 0.25) is 5.69 Å². The summed E-state index contributed by atoms with van der Waals surface area (Å²) < 4.78 is 4.67. The van der Waals surface area contributed by atoms with Crippen LogP contribution in [0.15, 0.2) is 10.8 Å². The van der Waals surface area contributed by atoms with Crippen LogP contribution in [-0.4, -0.2) is 5.16 Å². The second-order valence-electron chi connectivity index (χ2n) is 6.17. The van der Waals surface area contributed by atoms with Gasteiger partial charge in [-0.2, -0.15) is 0 Å². The van der Waals surface area contributed by atoms with E-state index in [-0.39, 0.29) is 5.41 Å². The van der Waals surface area contributed by atoms with Crippen LogP contribution in [0.3, 0.4) is 0 Å². The minimum Gasteiger partial charge on any atom is -0.360 e. The summed E-state index contributed by atoms with van der Waals surface area (Å²) in [5.74, 6) is 2.63. The Bertz CT molecular complexity index is 391. The number of hydrogen-bond donors (Lipinski definition) is 0. The van der Waals surface area contributed by atoms with Crippen LogP contribution in [0.25, 0.3) is 0 Å². The summed E-state index contributed by atoms with van der Waals surface area (Å²) in [6.45, 7) is 0. The van der Waals surface area contributed by atoms with Crippen molar-refractivity contribution >= 4 is 0 Å². The first-order valence-electron chi connectivity index (χ1n) is 6.30. The molecular weight excluding hydrogens is 204 g/mol. The van der Waals surface area contributed by atoms with E-state index in [4.69, 9.17) is 0 Å². The van der Waals surface area contributed by atoms with Crippen molar-refractivity contribution in [2.24, 2.45) is 17.8 Å². The van der Waals surface area contributed by atoms with Gasteiger partial charge in [0.15, 0.2) is 6.20 Å². The SMILES string of the molecule is [O-][n+]1cc(C23CC4CC(CC(C4)C2)C3)no1. The van der Waals surface area contributed by atoms with E-state index in [1.165, 1.54) is 38.5 Å². The van der Waals surface area contributed by atoms with Gasteiger partial charge in [-0.15, -0.1) is 0 Å². The van der Waals surface area contributed by atoms with Crippen molar-refractivity contribution < 1.29 is 9.53 Å². The van der Waals surface area contributed by atoms with Crippen LogP contribution in [0.2, 0.25) is 0 Å². The molecule has 0 radical (unpaired) electrons. The van der Waals surface area contributed by atoms with Crippen molar-refractivity contribution in [1.29, 1.82) is 0 Å². The van der Waals surface area contributed by atoms with Gasteiger partial charge in [-0.3, -0.25) is 4.63 Å². The molecule has 0 spiro atoms. The molecule has 0 atom stereocenters. The van der Waals surface area contributed by atoms with E-state index in [1.54, 1.807) is 6.20 Å². The van der Waals surface area contributed by atoms with Gasteiger partial charge in [-0.25, -0.2) is 0 Å². The highest BCUT2D eigenvalue weighted by molar-refractivity contribution is 5.18. The van der Waals surface area contributed by atoms with Gasteiger partial charge in [0.25, 0.3) is 0 Å². The Labute approximate surface area is 94.2 Å². The van der Waals surface area contributed by atoms with Gasteiger partial charge in [0.05, 0.1) is 0 Å². The van der Waals surface area contributed by atoms with Crippen molar-refractivity contribution in [3.8, 4) is 0 Å². The fraction of sp³-hybridized carbons (Fsp3) is 0.833. The average molecular weight is 220 g/mol. The molecule has 4 fully saturated rings. The summed E-state index contributed by atoms with van der Waals surface area (Å²) in [5.41, 5.74) is 1.11. The lowest BCUT2D eigenvalue weighted by molar-refractivity contribution is -0.802. The van der Waals surface area contributed by atoms with Gasteiger partial charge in [-0.1, -0.05) is 0 Å². The van der Waals surface area contributed by atoms with Crippen LogP contribution in [0, 0.1) is 23.0 Å². The molecule has 1 aromatic heterocycles. The number of nitrogens with zero attached hydrogens (tertiary/aromatic N) is 2. The average Bonchev–Trinajstić information content (AvgIpc) is 2.63. The topological polar surface area (TPSA) is 53.0 Å². The molecule has 16 heavy (non-hydrogen) atoms. The molecule has 0 N–H and O–H groups in total. The number of aromatic nitrogens is 2. The van der Waals surface area contributed by atoms with Crippen LogP contribution in [0.4, 0.5) is 0 Å². The highest BCUT2D eigenvalue weighted by Crippen LogP contribution is 2.60. The fourth-order valence-corrected chi connectivity index (χ4v) is 4.89. The summed E-state index contributed by atoms with van der Waals surface area (Å²) >= 11 is 0. The summed E-state index contributed by atoms with van der Waals surface area (Å²) in [7, 11) is 0. The lowest BCUT2D eigenvalue weighted by Crippen LogP contribution is -2.48. The Balaban J connectivity index is 1.76. The van der Waals surface area contributed by atoms with Crippen LogP contribution >= 0.6 is 0 Å². The largest absolute Gasteiger partial charge is 0.360 e. The smallest absolute Gasteiger partial charge is 0.224 e. The molecule has 4 aliphatic carbocycles. The van der Waals surface area contributed by atoms with E-state index in [0.717, 1.165) is 23.4 Å². The lowest BCUT2D eigenvalue weighted by atomic mass is 9.49. The Kier molecular flexibility index (Phi) is 1.57. The molecule has 4 saturated carbocycles. The minimum atomic E-state index is 0.188. The standard InChI is InChI=1S/C12H16N2O2/c15-14-7-11(13-16-14)12-4-8-1-9(5-12)3-10(2-8)6-12/h7-10H,1-6H2. The minimum absolute atomic E-state index is 0.188. The fourth-order valence-electron chi connectivity index (χ4n) is 4.89. The quantitative estimate of drug-likeness (QED) is 0.678. The van der Waals surface area contributed by atoms with Gasteiger partial charge >= 0.3 is 0 Å². The normalized spacial score (nSPS) is 45.1. The van der Waals surface area contributed by atoms with Crippen molar-refractivity contribution in [1.82, 2.24) is 5.16 Å². The van der Waals surface area contributed by atoms with Gasteiger partial charge in [-0.05, 0) is 61.2 Å². The Hall–Kier alpha value is -1.06. The molecule has 86 valence electrons. The second kappa shape index (κ2) is 2.79. The maximum absolute atomic E-state index is 11.1. The van der Waals surface area contributed by atoms with Gasteiger partial charge in [0.1, 0.15) is 0 Å². The molecule has 0 unspecified atom stereocenters. The predicted molar refractivity (Wildman–Crippen MR) is 55.3 cm³/mol. The molecule has 5 rings (SSSR count). The molecule has 0 amide bonds. The molecule has 4 bridgehead atoms. The molecule has 1 heterocycles. The van der Waals surface area contributed by atoms with Crippen LogP contribution in [-0.2, 0) is 5.41 Å². The third-order valence-corrected chi connectivity index (χ3v) is 5.03. The first-order valence-corrected chi connectivity index (χ1v) is 6.30. The Morgan fingerprint density at radius 3 is 2.19 bits per heavy atom. The van der Waals surface area contributed by atoms with Crippen molar-refractivity contribution in [2.45, 2.75) is 43.9 Å². The first-order chi connectivity index (χ1) is 7.73. The van der Waals surface area contributed by atoms with E-state index >= 15 is 0 Å². The van der Waals surface area contributed by atoms with E-state index < -0.39 is 0 Å². The molecule has 0 aliphatic heterocycles. The predicted octanol–water partition coefficient (Wildman–Crippen LogP) is 1.78. The highest BCUT2D eigenvalue weighted by Gasteiger charge is 2.54. The van der Waals surface area contributed by atoms with Crippen molar-refractivity contribution in [3.05, 3.63) is 17.1 Å². The van der Waals surface area contributed by atoms with E-state index in [0.29, 0.717) is 4.90 Å². The molecule has 4 nitrogen and oxygen atoms in total. The molecule has 1 aromatic rings. The summed E-state index contributed by atoms with van der Waals surface area (Å²) in [5, 5.41) is 15.1. The van der Waals surface area contributed by atoms with Crippen molar-refractivity contribution in [2.75, 3.05) is 0 Å². The van der Waals surface area contributed by atoms with Crippen LogP contribution in [0.1, 0.15) is 44.2 Å². The highest BCUT2D eigenvalue weighted by atomic mass is 16.8. The maximum Gasteiger partial charge on any atom is 0.224 e. The first kappa shape index (κ1) is 9.02. The third kappa shape index (κ3) is 1.10. The summed E-state index contributed by atoms with van der Waals surface area (Å²) in [4.78, 5) is 0.494. The Morgan fingerprint density at radius 1 is 1.19 bits per heavy atom. The zero-order valence-corrected chi connectivity index (χ0v) is 9.26. The maximum atomic E-state index is 11.1. The van der Waals surface area contributed by atoms with E-state index in [2.05, 4.69) is 9.79 Å². The molecule has 4 heteroatoms. The summed E-state index contributed by atoms with van der Waals surface area (Å²) in [6, 6.07) is 0. The third-order valence-electron chi connectivity index (χ3n) is 5.03. The van der Waals surface area contributed by atoms with Gasteiger partial charge in [0, 0.05) is 10.6 Å².